The average Bonchev–Trinajstić information content (AvgIpc) is 3.18. The first-order chi connectivity index (χ1) is 11.7. The third-order valence-corrected chi connectivity index (χ3v) is 4.38. The van der Waals surface area contributed by atoms with Gasteiger partial charge in [-0.3, -0.25) is 4.79 Å². The summed E-state index contributed by atoms with van der Waals surface area (Å²) in [4.78, 5) is 18.5. The van der Waals surface area contributed by atoms with Gasteiger partial charge in [0, 0.05) is 39.3 Å². The molecule has 0 bridgehead atoms. The van der Waals surface area contributed by atoms with Crippen LogP contribution in [0.5, 0.6) is 0 Å². The van der Waals surface area contributed by atoms with Crippen molar-refractivity contribution >= 4 is 17.5 Å². The number of piperazine rings is 1. The van der Waals surface area contributed by atoms with Crippen molar-refractivity contribution in [3.05, 3.63) is 36.3 Å². The van der Waals surface area contributed by atoms with Crippen LogP contribution in [0.1, 0.15) is 24.2 Å². The fourth-order valence-corrected chi connectivity index (χ4v) is 2.91. The number of carbonyl (C=O) groups is 1. The Morgan fingerprint density at radius 2 is 1.88 bits per heavy atom. The maximum absolute atomic E-state index is 12.3. The van der Waals surface area contributed by atoms with Crippen LogP contribution in [0.15, 0.2) is 35.1 Å². The molecule has 7 nitrogen and oxygen atoms in total. The van der Waals surface area contributed by atoms with E-state index < -0.39 is 0 Å². The Kier molecular flexibility index (Phi) is 4.98. The van der Waals surface area contributed by atoms with Gasteiger partial charge >= 0.3 is 0 Å². The molecule has 128 valence electrons. The zero-order valence-electron chi connectivity index (χ0n) is 14.2. The van der Waals surface area contributed by atoms with Crippen molar-refractivity contribution in [2.24, 2.45) is 0 Å². The van der Waals surface area contributed by atoms with E-state index in [1.54, 1.807) is 6.07 Å². The van der Waals surface area contributed by atoms with Gasteiger partial charge in [-0.25, -0.2) is 0 Å². The maximum Gasteiger partial charge on any atom is 0.257 e. The molecule has 0 atom stereocenters. The first kappa shape index (κ1) is 16.3. The van der Waals surface area contributed by atoms with Gasteiger partial charge in [-0.15, -0.1) is 10.2 Å². The molecule has 2 aromatic rings. The van der Waals surface area contributed by atoms with Crippen molar-refractivity contribution in [1.82, 2.24) is 15.1 Å². The molecule has 7 heteroatoms. The first-order valence-corrected chi connectivity index (χ1v) is 8.38. The molecule has 3 rings (SSSR count). The number of hydrogen-bond acceptors (Lipinski definition) is 6. The zero-order valence-corrected chi connectivity index (χ0v) is 14.2. The van der Waals surface area contributed by atoms with Gasteiger partial charge in [-0.05, 0) is 32.0 Å². The molecule has 0 spiro atoms. The van der Waals surface area contributed by atoms with E-state index in [9.17, 15) is 4.79 Å². The van der Waals surface area contributed by atoms with Gasteiger partial charge in [0.25, 0.3) is 5.91 Å². The molecule has 1 fully saturated rings. The Bertz CT molecular complexity index is 644. The summed E-state index contributed by atoms with van der Waals surface area (Å²) < 4.78 is 4.99. The molecule has 0 aromatic carbocycles. The topological polar surface area (TPSA) is 65.7 Å². The molecular weight excluding hydrogens is 306 g/mol. The van der Waals surface area contributed by atoms with Crippen LogP contribution < -0.4 is 9.80 Å². The van der Waals surface area contributed by atoms with Crippen LogP contribution in [0.25, 0.3) is 0 Å². The van der Waals surface area contributed by atoms with Crippen LogP contribution in [-0.4, -0.2) is 60.3 Å². The standard InChI is InChI=1S/C17H23N5O2/c1-3-20(4-2)15-5-6-16(19-18-15)21-8-10-22(11-9-21)17(23)14-7-12-24-13-14/h5-7,12-13H,3-4,8-11H2,1-2H3. The molecular formula is C17H23N5O2. The lowest BCUT2D eigenvalue weighted by atomic mass is 10.2. The number of hydrogen-bond donors (Lipinski definition) is 0. The monoisotopic (exact) mass is 329 g/mol. The summed E-state index contributed by atoms with van der Waals surface area (Å²) in [6, 6.07) is 5.72. The molecule has 0 unspecified atom stereocenters. The van der Waals surface area contributed by atoms with E-state index in [2.05, 4.69) is 33.8 Å². The van der Waals surface area contributed by atoms with E-state index in [0.29, 0.717) is 18.7 Å². The Morgan fingerprint density at radius 3 is 2.42 bits per heavy atom. The van der Waals surface area contributed by atoms with Gasteiger partial charge in [0.05, 0.1) is 11.8 Å². The minimum atomic E-state index is 0.0198. The van der Waals surface area contributed by atoms with Crippen LogP contribution in [0.4, 0.5) is 11.6 Å². The first-order valence-electron chi connectivity index (χ1n) is 8.38. The summed E-state index contributed by atoms with van der Waals surface area (Å²) in [6.07, 6.45) is 3.02. The smallest absolute Gasteiger partial charge is 0.257 e. The SMILES string of the molecule is CCN(CC)c1ccc(N2CCN(C(=O)c3ccoc3)CC2)nn1. The third kappa shape index (κ3) is 3.34. The van der Waals surface area contributed by atoms with Crippen LogP contribution in [0.3, 0.4) is 0 Å². The summed E-state index contributed by atoms with van der Waals surface area (Å²) in [6.45, 7) is 8.89. The van der Waals surface area contributed by atoms with Crippen molar-refractivity contribution < 1.29 is 9.21 Å². The molecule has 1 aliphatic rings. The highest BCUT2D eigenvalue weighted by atomic mass is 16.3. The van der Waals surface area contributed by atoms with Crippen molar-refractivity contribution in [3.63, 3.8) is 0 Å². The molecule has 0 saturated carbocycles. The fraction of sp³-hybridized carbons (Fsp3) is 0.471. The van der Waals surface area contributed by atoms with Crippen LogP contribution >= 0.6 is 0 Å². The number of anilines is 2. The molecule has 2 aromatic heterocycles. The quantitative estimate of drug-likeness (QED) is 0.834. The van der Waals surface area contributed by atoms with Gasteiger partial charge in [-0.2, -0.15) is 0 Å². The Balaban J connectivity index is 1.59. The second-order valence-corrected chi connectivity index (χ2v) is 5.71. The van der Waals surface area contributed by atoms with E-state index in [1.165, 1.54) is 12.5 Å². The summed E-state index contributed by atoms with van der Waals surface area (Å²) in [5.74, 6) is 1.78. The van der Waals surface area contributed by atoms with Crippen LogP contribution in [-0.2, 0) is 0 Å². The largest absolute Gasteiger partial charge is 0.472 e. The number of aromatic nitrogens is 2. The molecule has 0 aliphatic carbocycles. The number of furan rings is 1. The minimum absolute atomic E-state index is 0.0198. The molecule has 0 radical (unpaired) electrons. The lowest BCUT2D eigenvalue weighted by Gasteiger charge is -2.35. The molecule has 1 saturated heterocycles. The van der Waals surface area contributed by atoms with Crippen molar-refractivity contribution in [2.45, 2.75) is 13.8 Å². The summed E-state index contributed by atoms with van der Waals surface area (Å²) in [7, 11) is 0. The predicted octanol–water partition coefficient (Wildman–Crippen LogP) is 1.88. The number of carbonyl (C=O) groups excluding carboxylic acids is 1. The normalized spacial score (nSPS) is 14.8. The van der Waals surface area contributed by atoms with Crippen LogP contribution in [0, 0.1) is 0 Å². The van der Waals surface area contributed by atoms with Crippen molar-refractivity contribution in [2.75, 3.05) is 49.1 Å². The zero-order chi connectivity index (χ0) is 16.9. The fourth-order valence-electron chi connectivity index (χ4n) is 2.91. The highest BCUT2D eigenvalue weighted by Gasteiger charge is 2.23. The lowest BCUT2D eigenvalue weighted by Crippen LogP contribution is -2.49. The van der Waals surface area contributed by atoms with E-state index in [0.717, 1.165) is 37.8 Å². The predicted molar refractivity (Wildman–Crippen MR) is 92.4 cm³/mol. The van der Waals surface area contributed by atoms with Crippen molar-refractivity contribution in [3.8, 4) is 0 Å². The second-order valence-electron chi connectivity index (χ2n) is 5.71. The highest BCUT2D eigenvalue weighted by molar-refractivity contribution is 5.94. The molecule has 0 N–H and O–H groups in total. The van der Waals surface area contributed by atoms with Gasteiger partial charge in [0.2, 0.25) is 0 Å². The number of rotatable bonds is 5. The molecule has 1 aliphatic heterocycles. The van der Waals surface area contributed by atoms with E-state index in [-0.39, 0.29) is 5.91 Å². The highest BCUT2D eigenvalue weighted by Crippen LogP contribution is 2.17. The summed E-state index contributed by atoms with van der Waals surface area (Å²) >= 11 is 0. The molecule has 24 heavy (non-hydrogen) atoms. The van der Waals surface area contributed by atoms with Crippen molar-refractivity contribution in [1.29, 1.82) is 0 Å². The van der Waals surface area contributed by atoms with Crippen LogP contribution in [0.2, 0.25) is 0 Å². The van der Waals surface area contributed by atoms with Gasteiger partial charge in [0.1, 0.15) is 6.26 Å². The molecule has 3 heterocycles. The van der Waals surface area contributed by atoms with E-state index in [1.807, 2.05) is 17.0 Å². The minimum Gasteiger partial charge on any atom is -0.472 e. The Labute approximate surface area is 141 Å². The molecule has 1 amide bonds. The Hall–Kier alpha value is -2.57. The van der Waals surface area contributed by atoms with Gasteiger partial charge in [-0.1, -0.05) is 0 Å². The summed E-state index contributed by atoms with van der Waals surface area (Å²) in [5.41, 5.74) is 0.604. The van der Waals surface area contributed by atoms with E-state index >= 15 is 0 Å². The second kappa shape index (κ2) is 7.33. The maximum atomic E-state index is 12.3. The third-order valence-electron chi connectivity index (χ3n) is 4.38. The van der Waals surface area contributed by atoms with E-state index in [4.69, 9.17) is 4.42 Å². The number of nitrogens with zero attached hydrogens (tertiary/aromatic N) is 5. The number of amides is 1. The summed E-state index contributed by atoms with van der Waals surface area (Å²) in [5, 5.41) is 8.69. The Morgan fingerprint density at radius 1 is 1.12 bits per heavy atom. The average molecular weight is 329 g/mol. The van der Waals surface area contributed by atoms with Gasteiger partial charge in [0.15, 0.2) is 11.6 Å². The lowest BCUT2D eigenvalue weighted by molar-refractivity contribution is 0.0746. The van der Waals surface area contributed by atoms with Gasteiger partial charge < -0.3 is 19.1 Å².